The first kappa shape index (κ1) is 19.4. The Kier molecular flexibility index (Phi) is 5.91. The number of anilines is 1. The molecular weight excluding hydrogens is 334 g/mol. The van der Waals surface area contributed by atoms with Crippen LogP contribution in [0.15, 0.2) is 34.3 Å². The maximum absolute atomic E-state index is 11.9. The maximum atomic E-state index is 11.9. The minimum absolute atomic E-state index is 0.00283. The second kappa shape index (κ2) is 7.94. The van der Waals surface area contributed by atoms with Gasteiger partial charge in [-0.3, -0.25) is 0 Å². The summed E-state index contributed by atoms with van der Waals surface area (Å²) in [6.45, 7) is 6.93. The zero-order valence-electron chi connectivity index (χ0n) is 15.4. The molecule has 0 spiro atoms. The molecule has 1 atom stereocenters. The SMILES string of the molecule is CC(C)(C)OC(=O)NC1CCN(c2ccccc2N=C(N)N=C(N)N)C1. The van der Waals surface area contributed by atoms with Crippen molar-refractivity contribution >= 4 is 29.4 Å². The van der Waals surface area contributed by atoms with Gasteiger partial charge in [0.15, 0.2) is 5.96 Å². The van der Waals surface area contributed by atoms with Crippen LogP contribution in [0.1, 0.15) is 27.2 Å². The number of nitrogens with two attached hydrogens (primary N) is 3. The van der Waals surface area contributed by atoms with E-state index in [4.69, 9.17) is 21.9 Å². The fourth-order valence-corrected chi connectivity index (χ4v) is 2.68. The topological polar surface area (TPSA) is 144 Å². The highest BCUT2D eigenvalue weighted by molar-refractivity contribution is 5.94. The van der Waals surface area contributed by atoms with Gasteiger partial charge in [-0.25, -0.2) is 9.79 Å². The molecule has 26 heavy (non-hydrogen) atoms. The highest BCUT2D eigenvalue weighted by Gasteiger charge is 2.27. The fourth-order valence-electron chi connectivity index (χ4n) is 2.68. The molecule has 0 radical (unpaired) electrons. The molecule has 142 valence electrons. The Morgan fingerprint density at radius 2 is 1.96 bits per heavy atom. The first-order valence-electron chi connectivity index (χ1n) is 8.41. The number of nitrogens with zero attached hydrogens (tertiary/aromatic N) is 3. The maximum Gasteiger partial charge on any atom is 0.407 e. The second-order valence-corrected chi connectivity index (χ2v) is 7.07. The number of nitrogens with one attached hydrogen (secondary N) is 1. The second-order valence-electron chi connectivity index (χ2n) is 7.07. The predicted molar refractivity (Wildman–Crippen MR) is 104 cm³/mol. The molecule has 1 aromatic carbocycles. The zero-order chi connectivity index (χ0) is 19.3. The summed E-state index contributed by atoms with van der Waals surface area (Å²) in [5.74, 6) is -0.161. The van der Waals surface area contributed by atoms with Crippen molar-refractivity contribution in [3.8, 4) is 0 Å². The van der Waals surface area contributed by atoms with E-state index in [9.17, 15) is 4.79 Å². The van der Waals surface area contributed by atoms with Crippen molar-refractivity contribution < 1.29 is 9.53 Å². The number of guanidine groups is 2. The predicted octanol–water partition coefficient (Wildman–Crippen LogP) is 1.01. The Balaban J connectivity index is 2.07. The molecule has 1 amide bonds. The number of ether oxygens (including phenoxy) is 1. The van der Waals surface area contributed by atoms with Crippen LogP contribution >= 0.6 is 0 Å². The Hall–Kier alpha value is -2.97. The number of rotatable bonds is 3. The number of para-hydroxylation sites is 2. The lowest BCUT2D eigenvalue weighted by Gasteiger charge is -2.23. The van der Waals surface area contributed by atoms with E-state index in [2.05, 4.69) is 20.2 Å². The summed E-state index contributed by atoms with van der Waals surface area (Å²) in [6.07, 6.45) is 0.397. The molecule has 9 nitrogen and oxygen atoms in total. The number of aliphatic imine (C=N–C) groups is 2. The van der Waals surface area contributed by atoms with Gasteiger partial charge in [-0.15, -0.1) is 0 Å². The molecule has 1 saturated heterocycles. The third-order valence-corrected chi connectivity index (χ3v) is 3.61. The number of carbonyl (C=O) groups is 1. The lowest BCUT2D eigenvalue weighted by molar-refractivity contribution is 0.0509. The molecule has 0 aliphatic carbocycles. The van der Waals surface area contributed by atoms with Crippen molar-refractivity contribution in [2.45, 2.75) is 38.8 Å². The van der Waals surface area contributed by atoms with E-state index in [0.29, 0.717) is 12.2 Å². The standard InChI is InChI=1S/C17H27N7O2/c1-17(2,3)26-16(25)21-11-8-9-24(10-11)13-7-5-4-6-12(13)22-15(20)23-14(18)19/h4-7,11H,8-10H2,1-3H3,(H,21,25)(H6,18,19,20,22,23). The molecule has 2 rings (SSSR count). The van der Waals surface area contributed by atoms with Gasteiger partial charge in [0, 0.05) is 13.1 Å². The van der Waals surface area contributed by atoms with E-state index in [1.54, 1.807) is 0 Å². The first-order valence-corrected chi connectivity index (χ1v) is 8.41. The van der Waals surface area contributed by atoms with Crippen LogP contribution in [0, 0.1) is 0 Å². The molecular formula is C17H27N7O2. The molecule has 1 unspecified atom stereocenters. The van der Waals surface area contributed by atoms with Gasteiger partial charge in [-0.2, -0.15) is 4.99 Å². The van der Waals surface area contributed by atoms with Crippen molar-refractivity contribution in [2.24, 2.45) is 27.2 Å². The van der Waals surface area contributed by atoms with Crippen LogP contribution < -0.4 is 27.4 Å². The average Bonchev–Trinajstić information content (AvgIpc) is 2.93. The molecule has 1 fully saturated rings. The summed E-state index contributed by atoms with van der Waals surface area (Å²) in [4.78, 5) is 22.1. The number of benzene rings is 1. The lowest BCUT2D eigenvalue weighted by atomic mass is 10.2. The summed E-state index contributed by atoms with van der Waals surface area (Å²) in [5, 5.41) is 2.90. The number of carbonyl (C=O) groups excluding carboxylic acids is 1. The quantitative estimate of drug-likeness (QED) is 0.467. The summed E-state index contributed by atoms with van der Waals surface area (Å²) in [5.41, 5.74) is 17.4. The Bertz CT molecular complexity index is 705. The van der Waals surface area contributed by atoms with Crippen LogP contribution in [0.25, 0.3) is 0 Å². The fraction of sp³-hybridized carbons (Fsp3) is 0.471. The van der Waals surface area contributed by atoms with Gasteiger partial charge < -0.3 is 32.2 Å². The summed E-state index contributed by atoms with van der Waals surface area (Å²) < 4.78 is 5.31. The van der Waals surface area contributed by atoms with E-state index in [1.165, 1.54) is 0 Å². The van der Waals surface area contributed by atoms with Crippen molar-refractivity contribution in [3.05, 3.63) is 24.3 Å². The largest absolute Gasteiger partial charge is 0.444 e. The molecule has 1 heterocycles. The van der Waals surface area contributed by atoms with Crippen molar-refractivity contribution in [1.82, 2.24) is 5.32 Å². The Labute approximate surface area is 153 Å². The van der Waals surface area contributed by atoms with E-state index in [1.807, 2.05) is 45.0 Å². The van der Waals surface area contributed by atoms with Crippen molar-refractivity contribution in [3.63, 3.8) is 0 Å². The average molecular weight is 361 g/mol. The van der Waals surface area contributed by atoms with E-state index in [-0.39, 0.29) is 18.0 Å². The lowest BCUT2D eigenvalue weighted by Crippen LogP contribution is -2.40. The number of alkyl carbamates (subject to hydrolysis) is 1. The van der Waals surface area contributed by atoms with E-state index in [0.717, 1.165) is 18.7 Å². The summed E-state index contributed by atoms with van der Waals surface area (Å²) >= 11 is 0. The Morgan fingerprint density at radius 3 is 2.62 bits per heavy atom. The van der Waals surface area contributed by atoms with Gasteiger partial charge in [0.1, 0.15) is 5.60 Å². The summed E-state index contributed by atoms with van der Waals surface area (Å²) in [6, 6.07) is 7.55. The highest BCUT2D eigenvalue weighted by Crippen LogP contribution is 2.31. The molecule has 1 aliphatic heterocycles. The monoisotopic (exact) mass is 361 g/mol. The van der Waals surface area contributed by atoms with E-state index < -0.39 is 11.7 Å². The highest BCUT2D eigenvalue weighted by atomic mass is 16.6. The van der Waals surface area contributed by atoms with Crippen LogP contribution in [0.2, 0.25) is 0 Å². The van der Waals surface area contributed by atoms with Crippen molar-refractivity contribution in [1.29, 1.82) is 0 Å². The molecule has 7 N–H and O–H groups in total. The number of amides is 1. The minimum atomic E-state index is -0.521. The van der Waals surface area contributed by atoms with E-state index >= 15 is 0 Å². The minimum Gasteiger partial charge on any atom is -0.444 e. The van der Waals surface area contributed by atoms with Gasteiger partial charge in [-0.05, 0) is 39.3 Å². The Morgan fingerprint density at radius 1 is 1.27 bits per heavy atom. The van der Waals surface area contributed by atoms with Crippen LogP contribution in [0.4, 0.5) is 16.2 Å². The van der Waals surface area contributed by atoms with Crippen molar-refractivity contribution in [2.75, 3.05) is 18.0 Å². The van der Waals surface area contributed by atoms with Crippen LogP contribution in [-0.4, -0.2) is 42.7 Å². The molecule has 9 heteroatoms. The summed E-state index contributed by atoms with van der Waals surface area (Å²) in [7, 11) is 0. The van der Waals surface area contributed by atoms with Gasteiger partial charge in [0.05, 0.1) is 17.4 Å². The molecule has 1 aliphatic rings. The van der Waals surface area contributed by atoms with Gasteiger partial charge in [-0.1, -0.05) is 12.1 Å². The van der Waals surface area contributed by atoms with Gasteiger partial charge >= 0.3 is 6.09 Å². The normalized spacial score (nSPS) is 17.7. The first-order chi connectivity index (χ1) is 12.1. The van der Waals surface area contributed by atoms with Crippen LogP contribution in [0.5, 0.6) is 0 Å². The number of hydrogen-bond acceptors (Lipinski definition) is 4. The molecule has 0 saturated carbocycles. The van der Waals surface area contributed by atoms with Gasteiger partial charge in [0.25, 0.3) is 0 Å². The third kappa shape index (κ3) is 5.83. The molecule has 1 aromatic rings. The number of hydrogen-bond donors (Lipinski definition) is 4. The molecule has 0 aromatic heterocycles. The zero-order valence-corrected chi connectivity index (χ0v) is 15.4. The smallest absolute Gasteiger partial charge is 0.407 e. The van der Waals surface area contributed by atoms with Gasteiger partial charge in [0.2, 0.25) is 5.96 Å². The van der Waals surface area contributed by atoms with Crippen LogP contribution in [-0.2, 0) is 4.74 Å². The van der Waals surface area contributed by atoms with Crippen LogP contribution in [0.3, 0.4) is 0 Å². The molecule has 0 bridgehead atoms. The third-order valence-electron chi connectivity index (χ3n) is 3.61.